The summed E-state index contributed by atoms with van der Waals surface area (Å²) in [7, 11) is 0. The molecule has 3 aromatic heterocycles. The minimum absolute atomic E-state index is 0.0964. The Hall–Kier alpha value is -2.79. The number of hydrogen-bond acceptors (Lipinski definition) is 4. The van der Waals surface area contributed by atoms with Crippen LogP contribution in [0.25, 0.3) is 22.8 Å². The molecule has 0 saturated carbocycles. The zero-order valence-corrected chi connectivity index (χ0v) is 16.6. The molecule has 1 amide bonds. The molecular weight excluding hydrogens is 354 g/mol. The van der Waals surface area contributed by atoms with Gasteiger partial charge in [0.15, 0.2) is 0 Å². The van der Waals surface area contributed by atoms with E-state index < -0.39 is 0 Å². The largest absolute Gasteiger partial charge is 0.306 e. The van der Waals surface area contributed by atoms with Crippen LogP contribution >= 0.6 is 11.3 Å². The monoisotopic (exact) mass is 375 g/mol. The van der Waals surface area contributed by atoms with Crippen molar-refractivity contribution in [2.45, 2.75) is 33.6 Å². The average Bonchev–Trinajstić information content (AvgIpc) is 3.15. The van der Waals surface area contributed by atoms with Crippen molar-refractivity contribution in [3.8, 4) is 11.1 Å². The molecule has 4 rings (SSSR count). The van der Waals surface area contributed by atoms with Crippen molar-refractivity contribution in [1.29, 1.82) is 0 Å². The summed E-state index contributed by atoms with van der Waals surface area (Å²) in [6.45, 7) is 8.48. The predicted molar refractivity (Wildman–Crippen MR) is 112 cm³/mol. The third-order valence-electron chi connectivity index (χ3n) is 4.76. The summed E-state index contributed by atoms with van der Waals surface area (Å²) in [4.78, 5) is 23.8. The zero-order valence-electron chi connectivity index (χ0n) is 15.8. The van der Waals surface area contributed by atoms with Crippen LogP contribution < -0.4 is 5.32 Å². The third kappa shape index (κ3) is 3.19. The number of rotatable bonds is 3. The maximum Gasteiger partial charge on any atom is 0.257 e. The minimum atomic E-state index is -0.0964. The van der Waals surface area contributed by atoms with E-state index >= 15 is 0 Å². The SMILES string of the molecule is Cc1cc(C=C2C(=O)Nc3nc(C)c(-c4ccncc4)cc32)sc1C(C)C. The average molecular weight is 375 g/mol. The smallest absolute Gasteiger partial charge is 0.257 e. The molecule has 0 bridgehead atoms. The number of amides is 1. The van der Waals surface area contributed by atoms with Gasteiger partial charge in [-0.1, -0.05) is 13.8 Å². The van der Waals surface area contributed by atoms with E-state index in [4.69, 9.17) is 0 Å². The Morgan fingerprint density at radius 2 is 1.85 bits per heavy atom. The second-order valence-corrected chi connectivity index (χ2v) is 8.23. The zero-order chi connectivity index (χ0) is 19.1. The molecule has 0 fully saturated rings. The van der Waals surface area contributed by atoms with Crippen molar-refractivity contribution in [1.82, 2.24) is 9.97 Å². The maximum absolute atomic E-state index is 12.6. The van der Waals surface area contributed by atoms with E-state index in [1.165, 1.54) is 10.4 Å². The Bertz CT molecular complexity index is 1060. The molecule has 0 saturated heterocycles. The summed E-state index contributed by atoms with van der Waals surface area (Å²) in [5, 5.41) is 2.91. The number of pyridine rings is 2. The van der Waals surface area contributed by atoms with Crippen LogP contribution in [0.4, 0.5) is 5.82 Å². The van der Waals surface area contributed by atoms with Crippen molar-refractivity contribution in [2.75, 3.05) is 5.32 Å². The Labute approximate surface area is 163 Å². The van der Waals surface area contributed by atoms with Gasteiger partial charge in [-0.05, 0) is 61.2 Å². The molecule has 3 aromatic rings. The lowest BCUT2D eigenvalue weighted by atomic mass is 10.0. The summed E-state index contributed by atoms with van der Waals surface area (Å²) in [5.41, 5.74) is 5.75. The number of aryl methyl sites for hydroxylation is 2. The predicted octanol–water partition coefficient (Wildman–Crippen LogP) is 5.44. The molecular formula is C22H21N3OS. The summed E-state index contributed by atoms with van der Waals surface area (Å²) >= 11 is 1.75. The van der Waals surface area contributed by atoms with Gasteiger partial charge in [0.2, 0.25) is 0 Å². The Morgan fingerprint density at radius 1 is 1.11 bits per heavy atom. The first-order chi connectivity index (χ1) is 12.9. The Balaban J connectivity index is 1.82. The highest BCUT2D eigenvalue weighted by Crippen LogP contribution is 2.38. The summed E-state index contributed by atoms with van der Waals surface area (Å²) in [6, 6.07) is 8.13. The van der Waals surface area contributed by atoms with E-state index in [0.29, 0.717) is 17.3 Å². The number of fused-ring (bicyclic) bond motifs is 1. The van der Waals surface area contributed by atoms with Gasteiger partial charge in [0.25, 0.3) is 5.91 Å². The molecule has 4 nitrogen and oxygen atoms in total. The fraction of sp³-hybridized carbons (Fsp3) is 0.227. The van der Waals surface area contributed by atoms with Crippen molar-refractivity contribution < 1.29 is 4.79 Å². The lowest BCUT2D eigenvalue weighted by Gasteiger charge is -2.08. The second kappa shape index (κ2) is 6.74. The van der Waals surface area contributed by atoms with Gasteiger partial charge in [0, 0.05) is 39.0 Å². The normalized spacial score (nSPS) is 14.7. The number of aromatic nitrogens is 2. The van der Waals surface area contributed by atoms with Gasteiger partial charge < -0.3 is 5.32 Å². The first-order valence-corrected chi connectivity index (χ1v) is 9.81. The summed E-state index contributed by atoms with van der Waals surface area (Å²) in [6.07, 6.45) is 5.52. The first-order valence-electron chi connectivity index (χ1n) is 9.00. The minimum Gasteiger partial charge on any atom is -0.306 e. The highest BCUT2D eigenvalue weighted by molar-refractivity contribution is 7.13. The van der Waals surface area contributed by atoms with Gasteiger partial charge in [0.1, 0.15) is 5.82 Å². The number of anilines is 1. The van der Waals surface area contributed by atoms with Crippen LogP contribution in [0.1, 0.15) is 46.3 Å². The van der Waals surface area contributed by atoms with Crippen molar-refractivity contribution in [3.63, 3.8) is 0 Å². The van der Waals surface area contributed by atoms with Crippen molar-refractivity contribution in [2.24, 2.45) is 0 Å². The lowest BCUT2D eigenvalue weighted by molar-refractivity contribution is -0.110. The Morgan fingerprint density at radius 3 is 2.52 bits per heavy atom. The first kappa shape index (κ1) is 17.6. The van der Waals surface area contributed by atoms with Crippen molar-refractivity contribution in [3.05, 3.63) is 63.2 Å². The van der Waals surface area contributed by atoms with Crippen LogP contribution in [0.15, 0.2) is 36.7 Å². The molecule has 0 unspecified atom stereocenters. The van der Waals surface area contributed by atoms with E-state index in [2.05, 4.69) is 48.2 Å². The van der Waals surface area contributed by atoms with E-state index in [1.54, 1.807) is 23.7 Å². The van der Waals surface area contributed by atoms with Crippen LogP contribution in [-0.2, 0) is 4.79 Å². The molecule has 0 spiro atoms. The topological polar surface area (TPSA) is 54.9 Å². The summed E-state index contributed by atoms with van der Waals surface area (Å²) < 4.78 is 0. The van der Waals surface area contributed by atoms with Gasteiger partial charge in [-0.15, -0.1) is 11.3 Å². The molecule has 4 heterocycles. The number of thiophene rings is 1. The highest BCUT2D eigenvalue weighted by atomic mass is 32.1. The van der Waals surface area contributed by atoms with Gasteiger partial charge in [0.05, 0.1) is 5.57 Å². The molecule has 1 N–H and O–H groups in total. The fourth-order valence-corrected chi connectivity index (χ4v) is 4.60. The molecule has 136 valence electrons. The van der Waals surface area contributed by atoms with E-state index in [-0.39, 0.29) is 5.91 Å². The van der Waals surface area contributed by atoms with E-state index in [0.717, 1.165) is 27.3 Å². The second-order valence-electron chi connectivity index (χ2n) is 7.12. The summed E-state index contributed by atoms with van der Waals surface area (Å²) in [5.74, 6) is 1.02. The van der Waals surface area contributed by atoms with Crippen LogP contribution in [0, 0.1) is 13.8 Å². The van der Waals surface area contributed by atoms with Crippen LogP contribution in [0.2, 0.25) is 0 Å². The van der Waals surface area contributed by atoms with Gasteiger partial charge in [-0.25, -0.2) is 4.98 Å². The van der Waals surface area contributed by atoms with Gasteiger partial charge in [-0.2, -0.15) is 0 Å². The van der Waals surface area contributed by atoms with E-state index in [1.807, 2.05) is 25.1 Å². The molecule has 0 radical (unpaired) electrons. The quantitative estimate of drug-likeness (QED) is 0.620. The molecule has 0 atom stereocenters. The molecule has 27 heavy (non-hydrogen) atoms. The molecule has 1 aliphatic rings. The number of nitrogens with zero attached hydrogens (tertiary/aromatic N) is 2. The standard InChI is InChI=1S/C22H21N3OS/c1-12(2)20-13(3)9-16(27-20)10-19-18-11-17(15-5-7-23-8-6-15)14(4)24-21(18)25-22(19)26/h5-12H,1-4H3,(H,24,25,26). The van der Waals surface area contributed by atoms with Crippen LogP contribution in [0.3, 0.4) is 0 Å². The molecule has 0 aromatic carbocycles. The molecule has 5 heteroatoms. The third-order valence-corrected chi connectivity index (χ3v) is 6.24. The molecule has 1 aliphatic heterocycles. The molecule has 0 aliphatic carbocycles. The van der Waals surface area contributed by atoms with Crippen molar-refractivity contribution >= 4 is 34.7 Å². The van der Waals surface area contributed by atoms with E-state index in [9.17, 15) is 4.79 Å². The number of carbonyl (C=O) groups is 1. The fourth-order valence-electron chi connectivity index (χ4n) is 3.48. The van der Waals surface area contributed by atoms with Gasteiger partial charge >= 0.3 is 0 Å². The van der Waals surface area contributed by atoms with Crippen LogP contribution in [0.5, 0.6) is 0 Å². The highest BCUT2D eigenvalue weighted by Gasteiger charge is 2.27. The Kier molecular flexibility index (Phi) is 4.40. The number of nitrogens with one attached hydrogen (secondary N) is 1. The number of hydrogen-bond donors (Lipinski definition) is 1. The number of carbonyl (C=O) groups excluding carboxylic acids is 1. The maximum atomic E-state index is 12.6. The van der Waals surface area contributed by atoms with Gasteiger partial charge in [-0.3, -0.25) is 9.78 Å². The van der Waals surface area contributed by atoms with Crippen LogP contribution in [-0.4, -0.2) is 15.9 Å². The lowest BCUT2D eigenvalue weighted by Crippen LogP contribution is -2.04.